The highest BCUT2D eigenvalue weighted by molar-refractivity contribution is 5.79. The van der Waals surface area contributed by atoms with Gasteiger partial charge in [0, 0.05) is 11.6 Å². The zero-order chi connectivity index (χ0) is 14.4. The molecule has 0 bridgehead atoms. The van der Waals surface area contributed by atoms with E-state index in [1.54, 1.807) is 19.2 Å². The van der Waals surface area contributed by atoms with E-state index in [0.717, 1.165) is 0 Å². The quantitative estimate of drug-likeness (QED) is 0.781. The Hall–Kier alpha value is -1.95. The number of nitrogens with one attached hydrogen (secondary N) is 1. The average molecular weight is 269 g/mol. The molecule has 1 aromatic rings. The van der Waals surface area contributed by atoms with Crippen LogP contribution in [0.25, 0.3) is 0 Å². The topological polar surface area (TPSA) is 66.0 Å². The first kappa shape index (κ1) is 15.1. The highest BCUT2D eigenvalue weighted by atomic mass is 16.5. The van der Waals surface area contributed by atoms with Crippen LogP contribution < -0.4 is 19.5 Å². The predicted octanol–water partition coefficient (Wildman–Crippen LogP) is 1.15. The lowest BCUT2D eigenvalue weighted by atomic mass is 10.0. The molecule has 0 aliphatic rings. The van der Waals surface area contributed by atoms with Crippen molar-refractivity contribution in [2.45, 2.75) is 6.04 Å². The van der Waals surface area contributed by atoms with Crippen molar-refractivity contribution in [3.05, 3.63) is 17.7 Å². The molecule has 0 amide bonds. The zero-order valence-corrected chi connectivity index (χ0v) is 11.8. The van der Waals surface area contributed by atoms with Crippen molar-refractivity contribution in [1.29, 1.82) is 0 Å². The highest BCUT2D eigenvalue weighted by Crippen LogP contribution is 2.37. The molecule has 0 aliphatic heterocycles. The molecular weight excluding hydrogens is 250 g/mol. The van der Waals surface area contributed by atoms with E-state index < -0.39 is 12.0 Å². The van der Waals surface area contributed by atoms with E-state index in [9.17, 15) is 4.79 Å². The van der Waals surface area contributed by atoms with Crippen LogP contribution in [0.2, 0.25) is 0 Å². The van der Waals surface area contributed by atoms with E-state index in [1.165, 1.54) is 28.4 Å². The second-order valence-corrected chi connectivity index (χ2v) is 3.69. The smallest absolute Gasteiger partial charge is 0.327 e. The molecule has 6 nitrogen and oxygen atoms in total. The summed E-state index contributed by atoms with van der Waals surface area (Å²) in [6.07, 6.45) is 0. The summed E-state index contributed by atoms with van der Waals surface area (Å²) < 4.78 is 20.5. The number of methoxy groups -OCH3 is 4. The van der Waals surface area contributed by atoms with Gasteiger partial charge in [0.2, 0.25) is 0 Å². The molecule has 1 unspecified atom stereocenters. The lowest BCUT2D eigenvalue weighted by Crippen LogP contribution is -2.27. The monoisotopic (exact) mass is 269 g/mol. The van der Waals surface area contributed by atoms with Crippen molar-refractivity contribution >= 4 is 5.97 Å². The minimum Gasteiger partial charge on any atom is -0.496 e. The molecule has 6 heteroatoms. The second-order valence-electron chi connectivity index (χ2n) is 3.69. The van der Waals surface area contributed by atoms with Crippen molar-refractivity contribution in [2.24, 2.45) is 0 Å². The lowest BCUT2D eigenvalue weighted by Gasteiger charge is -2.19. The molecule has 1 rings (SSSR count). The molecule has 1 N–H and O–H groups in total. The predicted molar refractivity (Wildman–Crippen MR) is 69.9 cm³/mol. The summed E-state index contributed by atoms with van der Waals surface area (Å²) in [6.45, 7) is 0. The third-order valence-electron chi connectivity index (χ3n) is 2.77. The molecule has 19 heavy (non-hydrogen) atoms. The molecule has 0 aliphatic carbocycles. The van der Waals surface area contributed by atoms with Crippen LogP contribution in [0.4, 0.5) is 0 Å². The van der Waals surface area contributed by atoms with Gasteiger partial charge < -0.3 is 24.3 Å². The highest BCUT2D eigenvalue weighted by Gasteiger charge is 2.25. The lowest BCUT2D eigenvalue weighted by molar-refractivity contribution is -0.143. The number of esters is 1. The molecule has 0 heterocycles. The van der Waals surface area contributed by atoms with E-state index >= 15 is 0 Å². The SMILES string of the molecule is CNC(C(=O)OC)c1cc(OC)c(OC)cc1OC. The normalized spacial score (nSPS) is 11.6. The Balaban J connectivity index is 3.35. The number of likely N-dealkylation sites (N-methyl/N-ethyl adjacent to an activating group) is 1. The van der Waals surface area contributed by atoms with Crippen LogP contribution in [0.5, 0.6) is 17.2 Å². The summed E-state index contributed by atoms with van der Waals surface area (Å²) in [5.41, 5.74) is 0.620. The van der Waals surface area contributed by atoms with Gasteiger partial charge in [-0.1, -0.05) is 0 Å². The Morgan fingerprint density at radius 2 is 1.53 bits per heavy atom. The van der Waals surface area contributed by atoms with E-state index in [0.29, 0.717) is 22.8 Å². The number of hydrogen-bond donors (Lipinski definition) is 1. The standard InChI is InChI=1S/C13H19NO5/c1-14-12(13(15)19-5)8-6-10(17-3)11(18-4)7-9(8)16-2/h6-7,12,14H,1-5H3. The van der Waals surface area contributed by atoms with Gasteiger partial charge in [0.1, 0.15) is 11.8 Å². The largest absolute Gasteiger partial charge is 0.496 e. The minimum atomic E-state index is -0.639. The Kier molecular flexibility index (Phi) is 5.44. The summed E-state index contributed by atoms with van der Waals surface area (Å²) in [4.78, 5) is 11.8. The van der Waals surface area contributed by atoms with E-state index in [1.807, 2.05) is 0 Å². The molecule has 0 saturated heterocycles. The van der Waals surface area contributed by atoms with Gasteiger partial charge in [-0.3, -0.25) is 0 Å². The maximum Gasteiger partial charge on any atom is 0.327 e. The van der Waals surface area contributed by atoms with Gasteiger partial charge >= 0.3 is 5.97 Å². The number of benzene rings is 1. The van der Waals surface area contributed by atoms with Crippen molar-refractivity contribution in [2.75, 3.05) is 35.5 Å². The number of rotatable bonds is 6. The van der Waals surface area contributed by atoms with Gasteiger partial charge in [-0.05, 0) is 13.1 Å². The third-order valence-corrected chi connectivity index (χ3v) is 2.77. The molecule has 1 aromatic carbocycles. The van der Waals surface area contributed by atoms with E-state index in [2.05, 4.69) is 5.32 Å². The van der Waals surface area contributed by atoms with Gasteiger partial charge in [-0.15, -0.1) is 0 Å². The fourth-order valence-corrected chi connectivity index (χ4v) is 1.80. The van der Waals surface area contributed by atoms with Gasteiger partial charge in [0.25, 0.3) is 0 Å². The van der Waals surface area contributed by atoms with E-state index in [-0.39, 0.29) is 0 Å². The second kappa shape index (κ2) is 6.84. The number of ether oxygens (including phenoxy) is 4. The number of carbonyl (C=O) groups is 1. The fraction of sp³-hybridized carbons (Fsp3) is 0.462. The van der Waals surface area contributed by atoms with Gasteiger partial charge in [0.05, 0.1) is 28.4 Å². The summed E-state index contributed by atoms with van der Waals surface area (Å²) in [7, 11) is 7.58. The average Bonchev–Trinajstić information content (AvgIpc) is 2.46. The van der Waals surface area contributed by atoms with Crippen molar-refractivity contribution in [1.82, 2.24) is 5.32 Å². The molecular formula is C13H19NO5. The molecule has 1 atom stereocenters. The maximum atomic E-state index is 11.8. The minimum absolute atomic E-state index is 0.409. The van der Waals surface area contributed by atoms with Crippen LogP contribution in [-0.4, -0.2) is 41.5 Å². The molecule has 0 aromatic heterocycles. The van der Waals surface area contributed by atoms with Crippen LogP contribution in [0, 0.1) is 0 Å². The van der Waals surface area contributed by atoms with Crippen molar-refractivity contribution in [3.63, 3.8) is 0 Å². The Morgan fingerprint density at radius 3 is 1.95 bits per heavy atom. The van der Waals surface area contributed by atoms with E-state index in [4.69, 9.17) is 18.9 Å². The van der Waals surface area contributed by atoms with Crippen molar-refractivity contribution < 1.29 is 23.7 Å². The molecule has 0 saturated carbocycles. The molecule has 0 spiro atoms. The number of carbonyl (C=O) groups excluding carboxylic acids is 1. The molecule has 0 fully saturated rings. The van der Waals surface area contributed by atoms with Crippen LogP contribution in [-0.2, 0) is 9.53 Å². The number of hydrogen-bond acceptors (Lipinski definition) is 6. The van der Waals surface area contributed by atoms with Crippen LogP contribution >= 0.6 is 0 Å². The summed E-state index contributed by atoms with van der Waals surface area (Å²) >= 11 is 0. The first-order valence-electron chi connectivity index (χ1n) is 5.67. The Bertz CT molecular complexity index is 447. The summed E-state index contributed by atoms with van der Waals surface area (Å²) in [5, 5.41) is 2.88. The molecule has 0 radical (unpaired) electrons. The fourth-order valence-electron chi connectivity index (χ4n) is 1.80. The first-order chi connectivity index (χ1) is 9.12. The van der Waals surface area contributed by atoms with Gasteiger partial charge in [0.15, 0.2) is 11.5 Å². The Labute approximate surface area is 112 Å². The summed E-state index contributed by atoms with van der Waals surface area (Å²) in [5.74, 6) is 1.15. The van der Waals surface area contributed by atoms with Gasteiger partial charge in [-0.25, -0.2) is 4.79 Å². The summed E-state index contributed by atoms with van der Waals surface area (Å²) in [6, 6.07) is 2.72. The maximum absolute atomic E-state index is 11.8. The van der Waals surface area contributed by atoms with Crippen LogP contribution in [0.1, 0.15) is 11.6 Å². The third kappa shape index (κ3) is 3.08. The van der Waals surface area contributed by atoms with Crippen LogP contribution in [0.3, 0.4) is 0 Å². The Morgan fingerprint density at radius 1 is 1.00 bits per heavy atom. The first-order valence-corrected chi connectivity index (χ1v) is 5.67. The van der Waals surface area contributed by atoms with Crippen LogP contribution in [0.15, 0.2) is 12.1 Å². The van der Waals surface area contributed by atoms with Gasteiger partial charge in [-0.2, -0.15) is 0 Å². The van der Waals surface area contributed by atoms with Crippen molar-refractivity contribution in [3.8, 4) is 17.2 Å². The molecule has 106 valence electrons. The zero-order valence-electron chi connectivity index (χ0n) is 11.8.